The van der Waals surface area contributed by atoms with Gasteiger partial charge in [0.25, 0.3) is 5.91 Å². The van der Waals surface area contributed by atoms with Gasteiger partial charge in [-0.15, -0.1) is 0 Å². The monoisotopic (exact) mass is 427 g/mol. The summed E-state index contributed by atoms with van der Waals surface area (Å²) >= 11 is 0. The van der Waals surface area contributed by atoms with Crippen molar-refractivity contribution >= 4 is 16.8 Å². The Morgan fingerprint density at radius 1 is 1.09 bits per heavy atom. The molecule has 2 aliphatic rings. The minimum absolute atomic E-state index is 0.0962. The maximum absolute atomic E-state index is 13.0. The molecular formula is C25H25N5O2. The molecule has 32 heavy (non-hydrogen) atoms. The molecule has 7 heteroatoms. The molecule has 0 saturated carbocycles. The van der Waals surface area contributed by atoms with E-state index in [2.05, 4.69) is 43.1 Å². The molecule has 0 spiro atoms. The van der Waals surface area contributed by atoms with Crippen molar-refractivity contribution in [3.63, 3.8) is 0 Å². The van der Waals surface area contributed by atoms with Gasteiger partial charge in [-0.05, 0) is 49.1 Å². The third-order valence-corrected chi connectivity index (χ3v) is 6.94. The second-order valence-electron chi connectivity index (χ2n) is 8.78. The summed E-state index contributed by atoms with van der Waals surface area (Å²) in [7, 11) is 0. The first-order chi connectivity index (χ1) is 15.8. The van der Waals surface area contributed by atoms with Gasteiger partial charge in [-0.25, -0.2) is 0 Å². The summed E-state index contributed by atoms with van der Waals surface area (Å²) in [5, 5.41) is 12.7. The molecule has 2 saturated heterocycles. The fraction of sp³-hybridized carbons (Fsp3) is 0.320. The van der Waals surface area contributed by atoms with Gasteiger partial charge in [0, 0.05) is 41.7 Å². The number of nitrogens with one attached hydrogen (secondary N) is 1. The Kier molecular flexibility index (Phi) is 4.67. The maximum atomic E-state index is 13.0. The van der Waals surface area contributed by atoms with Gasteiger partial charge in [0.15, 0.2) is 6.61 Å². The Morgan fingerprint density at radius 2 is 2.00 bits per heavy atom. The largest absolute Gasteiger partial charge is 0.484 e. The van der Waals surface area contributed by atoms with Crippen LogP contribution in [0.3, 0.4) is 0 Å². The zero-order valence-corrected chi connectivity index (χ0v) is 17.7. The third kappa shape index (κ3) is 3.34. The van der Waals surface area contributed by atoms with E-state index >= 15 is 0 Å². The van der Waals surface area contributed by atoms with Crippen LogP contribution in [0.15, 0.2) is 67.1 Å². The summed E-state index contributed by atoms with van der Waals surface area (Å²) in [5.74, 6) is 1.26. The van der Waals surface area contributed by atoms with Crippen molar-refractivity contribution in [1.29, 1.82) is 0 Å². The van der Waals surface area contributed by atoms with E-state index in [-0.39, 0.29) is 18.6 Å². The van der Waals surface area contributed by atoms with Gasteiger partial charge in [0.1, 0.15) is 5.75 Å². The van der Waals surface area contributed by atoms with Crippen LogP contribution in [0.5, 0.6) is 5.75 Å². The average molecular weight is 428 g/mol. The van der Waals surface area contributed by atoms with Gasteiger partial charge in [0.2, 0.25) is 0 Å². The lowest BCUT2D eigenvalue weighted by Crippen LogP contribution is -2.40. The zero-order chi connectivity index (χ0) is 21.5. The molecule has 2 aromatic carbocycles. The van der Waals surface area contributed by atoms with Crippen LogP contribution in [0.4, 0.5) is 0 Å². The van der Waals surface area contributed by atoms with Gasteiger partial charge in [-0.2, -0.15) is 10.2 Å². The Hall–Kier alpha value is -3.61. The van der Waals surface area contributed by atoms with Crippen molar-refractivity contribution < 1.29 is 9.53 Å². The van der Waals surface area contributed by atoms with E-state index in [4.69, 9.17) is 4.74 Å². The van der Waals surface area contributed by atoms with Gasteiger partial charge in [-0.3, -0.25) is 14.6 Å². The topological polar surface area (TPSA) is 76.0 Å². The molecule has 7 nitrogen and oxygen atoms in total. The highest BCUT2D eigenvalue weighted by Crippen LogP contribution is 2.42. The number of rotatable bonds is 6. The number of para-hydroxylation sites is 1. The van der Waals surface area contributed by atoms with Crippen LogP contribution in [0.2, 0.25) is 0 Å². The van der Waals surface area contributed by atoms with E-state index in [0.717, 1.165) is 53.6 Å². The van der Waals surface area contributed by atoms with E-state index < -0.39 is 0 Å². The molecule has 4 heterocycles. The van der Waals surface area contributed by atoms with Gasteiger partial charge >= 0.3 is 0 Å². The number of fused-ring (bicyclic) bond motifs is 3. The first kappa shape index (κ1) is 19.1. The summed E-state index contributed by atoms with van der Waals surface area (Å²) in [6, 6.07) is 16.5. The van der Waals surface area contributed by atoms with E-state index in [0.29, 0.717) is 12.0 Å². The SMILES string of the molecule is O=C(COc1ccccc1)N1C2CCC1C(Cn1ncc3cc(-c4cn[nH]c4)ccc31)C2. The predicted molar refractivity (Wildman–Crippen MR) is 121 cm³/mol. The van der Waals surface area contributed by atoms with Crippen LogP contribution in [0.1, 0.15) is 19.3 Å². The molecule has 4 aromatic rings. The predicted octanol–water partition coefficient (Wildman–Crippen LogP) is 3.88. The Bertz CT molecular complexity index is 1230. The zero-order valence-electron chi connectivity index (χ0n) is 17.7. The van der Waals surface area contributed by atoms with E-state index in [9.17, 15) is 4.79 Å². The second-order valence-corrected chi connectivity index (χ2v) is 8.78. The maximum Gasteiger partial charge on any atom is 0.261 e. The number of hydrogen-bond donors (Lipinski definition) is 1. The molecule has 6 rings (SSSR count). The smallest absolute Gasteiger partial charge is 0.261 e. The number of nitrogens with zero attached hydrogens (tertiary/aromatic N) is 4. The van der Waals surface area contributed by atoms with Crippen molar-refractivity contribution in [2.75, 3.05) is 6.61 Å². The quantitative estimate of drug-likeness (QED) is 0.507. The van der Waals surface area contributed by atoms with Gasteiger partial charge in [-0.1, -0.05) is 24.3 Å². The number of benzene rings is 2. The van der Waals surface area contributed by atoms with Crippen LogP contribution >= 0.6 is 0 Å². The van der Waals surface area contributed by atoms with Crippen LogP contribution in [-0.4, -0.2) is 49.5 Å². The number of H-pyrrole nitrogens is 1. The standard InChI is InChI=1S/C25H25N5O2/c31-25(16-32-22-4-2-1-3-5-22)30-21-7-9-24(30)19(11-21)15-29-23-8-6-17(10-18(23)14-28-29)20-12-26-27-13-20/h1-6,8,10,12-14,19,21,24H,7,9,11,15-16H2,(H,26,27). The lowest BCUT2D eigenvalue weighted by Gasteiger charge is -2.24. The summed E-state index contributed by atoms with van der Waals surface area (Å²) < 4.78 is 7.83. The Morgan fingerprint density at radius 3 is 2.84 bits per heavy atom. The minimum atomic E-state index is 0.0962. The molecule has 3 atom stereocenters. The van der Waals surface area contributed by atoms with Crippen LogP contribution in [-0.2, 0) is 11.3 Å². The molecule has 2 fully saturated rings. The van der Waals surface area contributed by atoms with Crippen molar-refractivity contribution in [3.8, 4) is 16.9 Å². The summed E-state index contributed by atoms with van der Waals surface area (Å²) in [5.41, 5.74) is 3.32. The molecular weight excluding hydrogens is 402 g/mol. The lowest BCUT2D eigenvalue weighted by atomic mass is 9.89. The molecule has 162 valence electrons. The summed E-state index contributed by atoms with van der Waals surface area (Å²) in [6.45, 7) is 0.935. The van der Waals surface area contributed by atoms with Crippen molar-refractivity contribution in [2.45, 2.75) is 37.9 Å². The average Bonchev–Trinajstić information content (AvgIpc) is 3.62. The van der Waals surface area contributed by atoms with Crippen LogP contribution in [0, 0.1) is 5.92 Å². The summed E-state index contributed by atoms with van der Waals surface area (Å²) in [4.78, 5) is 15.1. The van der Waals surface area contributed by atoms with Gasteiger partial charge < -0.3 is 9.64 Å². The number of carbonyl (C=O) groups excluding carboxylic acids is 1. The normalized spacial score (nSPS) is 22.0. The number of ether oxygens (including phenoxy) is 1. The Balaban J connectivity index is 1.15. The molecule has 1 N–H and O–H groups in total. The van der Waals surface area contributed by atoms with Crippen LogP contribution < -0.4 is 4.74 Å². The fourth-order valence-electron chi connectivity index (χ4n) is 5.48. The van der Waals surface area contributed by atoms with Crippen LogP contribution in [0.25, 0.3) is 22.0 Å². The number of hydrogen-bond acceptors (Lipinski definition) is 4. The molecule has 0 aliphatic carbocycles. The molecule has 2 aromatic heterocycles. The van der Waals surface area contributed by atoms with Crippen molar-refractivity contribution in [1.82, 2.24) is 24.9 Å². The third-order valence-electron chi connectivity index (χ3n) is 6.94. The van der Waals surface area contributed by atoms with E-state index in [1.165, 1.54) is 0 Å². The Labute approximate surface area is 186 Å². The number of carbonyl (C=O) groups is 1. The molecule has 2 aliphatic heterocycles. The highest BCUT2D eigenvalue weighted by atomic mass is 16.5. The fourth-order valence-corrected chi connectivity index (χ4v) is 5.48. The second kappa shape index (κ2) is 7.82. The van der Waals surface area contributed by atoms with E-state index in [1.807, 2.05) is 48.9 Å². The number of amides is 1. The number of aromatic amines is 1. The first-order valence-electron chi connectivity index (χ1n) is 11.2. The van der Waals surface area contributed by atoms with E-state index in [1.54, 1.807) is 0 Å². The highest BCUT2D eigenvalue weighted by molar-refractivity contribution is 5.84. The molecule has 1 amide bonds. The van der Waals surface area contributed by atoms with Gasteiger partial charge in [0.05, 0.1) is 17.9 Å². The number of aromatic nitrogens is 4. The summed E-state index contributed by atoms with van der Waals surface area (Å²) in [6.07, 6.45) is 8.85. The van der Waals surface area contributed by atoms with Crippen molar-refractivity contribution in [3.05, 3.63) is 67.1 Å². The van der Waals surface area contributed by atoms with Crippen molar-refractivity contribution in [2.24, 2.45) is 5.92 Å². The highest BCUT2D eigenvalue weighted by Gasteiger charge is 2.48. The molecule has 0 radical (unpaired) electrons. The molecule has 2 bridgehead atoms. The first-order valence-corrected chi connectivity index (χ1v) is 11.2. The lowest BCUT2D eigenvalue weighted by molar-refractivity contribution is -0.134. The molecule has 3 unspecified atom stereocenters. The minimum Gasteiger partial charge on any atom is -0.484 e.